The van der Waals surface area contributed by atoms with Crippen LogP contribution in [-0.4, -0.2) is 29.7 Å². The highest BCUT2D eigenvalue weighted by molar-refractivity contribution is 5.94. The molecule has 6 heteroatoms. The number of nitrogens with two attached hydrogens (primary N) is 1. The maximum Gasteiger partial charge on any atom is 0.312 e. The van der Waals surface area contributed by atoms with Gasteiger partial charge in [-0.1, -0.05) is 19.1 Å². The van der Waals surface area contributed by atoms with E-state index in [1.54, 1.807) is 24.3 Å². The number of aliphatic hydroxyl groups excluding tert-OH is 1. The summed E-state index contributed by atoms with van der Waals surface area (Å²) in [7, 11) is 0. The minimum absolute atomic E-state index is 0.234. The highest BCUT2D eigenvalue weighted by atomic mass is 16.3. The molecule has 0 saturated carbocycles. The summed E-state index contributed by atoms with van der Waals surface area (Å²) in [5, 5.41) is 14.5. The van der Waals surface area contributed by atoms with Crippen LogP contribution >= 0.6 is 0 Å². The first-order valence-corrected chi connectivity index (χ1v) is 6.11. The summed E-state index contributed by atoms with van der Waals surface area (Å²) in [5.74, 6) is -0.234. The van der Waals surface area contributed by atoms with E-state index in [-0.39, 0.29) is 12.5 Å². The van der Waals surface area contributed by atoms with Crippen molar-refractivity contribution >= 4 is 11.9 Å². The van der Waals surface area contributed by atoms with Crippen LogP contribution in [0.3, 0.4) is 0 Å². The van der Waals surface area contributed by atoms with Gasteiger partial charge in [0.05, 0.1) is 6.10 Å². The van der Waals surface area contributed by atoms with E-state index in [2.05, 4.69) is 10.6 Å². The largest absolute Gasteiger partial charge is 0.391 e. The number of carbonyl (C=O) groups is 2. The van der Waals surface area contributed by atoms with E-state index in [0.717, 1.165) is 5.56 Å². The Morgan fingerprint density at radius 2 is 1.89 bits per heavy atom. The third kappa shape index (κ3) is 5.39. The quantitative estimate of drug-likeness (QED) is 0.596. The van der Waals surface area contributed by atoms with Gasteiger partial charge >= 0.3 is 6.03 Å². The Morgan fingerprint density at radius 1 is 1.26 bits per heavy atom. The maximum atomic E-state index is 11.7. The number of nitrogens with one attached hydrogen (secondary N) is 2. The van der Waals surface area contributed by atoms with Crippen molar-refractivity contribution in [2.75, 3.05) is 6.54 Å². The lowest BCUT2D eigenvalue weighted by Crippen LogP contribution is -2.31. The van der Waals surface area contributed by atoms with Crippen LogP contribution in [-0.2, 0) is 6.54 Å². The van der Waals surface area contributed by atoms with E-state index in [1.807, 2.05) is 6.92 Å². The van der Waals surface area contributed by atoms with E-state index in [4.69, 9.17) is 5.73 Å². The minimum Gasteiger partial charge on any atom is -0.391 e. The standard InChI is InChI=1S/C13H19N3O3/c1-2-11(17)8-15-12(18)10-5-3-9(4-6-10)7-16-13(14)19/h3-6,11,17H,2,7-8H2,1H3,(H,15,18)(H3,14,16,19). The van der Waals surface area contributed by atoms with Crippen LogP contribution in [0.25, 0.3) is 0 Å². The van der Waals surface area contributed by atoms with Gasteiger partial charge in [-0.05, 0) is 24.1 Å². The Kier molecular flexibility index (Phi) is 5.81. The van der Waals surface area contributed by atoms with Crippen LogP contribution in [0, 0.1) is 0 Å². The minimum atomic E-state index is -0.588. The molecule has 5 N–H and O–H groups in total. The number of amides is 3. The number of primary amides is 1. The van der Waals surface area contributed by atoms with Crippen molar-refractivity contribution in [2.24, 2.45) is 5.73 Å². The predicted molar refractivity (Wildman–Crippen MR) is 71.5 cm³/mol. The second-order valence-corrected chi connectivity index (χ2v) is 4.19. The lowest BCUT2D eigenvalue weighted by molar-refractivity contribution is 0.0914. The number of rotatable bonds is 6. The SMILES string of the molecule is CCC(O)CNC(=O)c1ccc(CNC(N)=O)cc1. The molecule has 1 rings (SSSR count). The van der Waals surface area contributed by atoms with Crippen LogP contribution in [0.1, 0.15) is 29.3 Å². The van der Waals surface area contributed by atoms with Gasteiger partial charge in [0.1, 0.15) is 0 Å². The van der Waals surface area contributed by atoms with Gasteiger partial charge < -0.3 is 21.5 Å². The molecule has 1 unspecified atom stereocenters. The van der Waals surface area contributed by atoms with Gasteiger partial charge in [0, 0.05) is 18.7 Å². The van der Waals surface area contributed by atoms with Crippen LogP contribution in [0.4, 0.5) is 4.79 Å². The number of benzene rings is 1. The van der Waals surface area contributed by atoms with Gasteiger partial charge in [-0.2, -0.15) is 0 Å². The fourth-order valence-corrected chi connectivity index (χ4v) is 1.42. The summed E-state index contributed by atoms with van der Waals surface area (Å²) in [5.41, 5.74) is 6.32. The monoisotopic (exact) mass is 265 g/mol. The number of urea groups is 1. The molecule has 0 aliphatic heterocycles. The predicted octanol–water partition coefficient (Wildman–Crippen LogP) is 0.356. The number of aliphatic hydroxyl groups is 1. The molecule has 3 amide bonds. The van der Waals surface area contributed by atoms with Gasteiger partial charge in [-0.15, -0.1) is 0 Å². The van der Waals surface area contributed by atoms with Gasteiger partial charge in [-0.25, -0.2) is 4.79 Å². The number of carbonyl (C=O) groups excluding carboxylic acids is 2. The van der Waals surface area contributed by atoms with Crippen LogP contribution in [0.2, 0.25) is 0 Å². The molecule has 0 radical (unpaired) electrons. The number of hydrogen-bond acceptors (Lipinski definition) is 3. The molecule has 0 aromatic heterocycles. The highest BCUT2D eigenvalue weighted by Gasteiger charge is 2.07. The summed E-state index contributed by atoms with van der Waals surface area (Å²) >= 11 is 0. The van der Waals surface area contributed by atoms with Crippen LogP contribution in [0.15, 0.2) is 24.3 Å². The van der Waals surface area contributed by atoms with Gasteiger partial charge in [0.2, 0.25) is 0 Å². The highest BCUT2D eigenvalue weighted by Crippen LogP contribution is 2.04. The summed E-state index contributed by atoms with van der Waals surface area (Å²) in [6.45, 7) is 2.41. The second-order valence-electron chi connectivity index (χ2n) is 4.19. The molecular formula is C13H19N3O3. The molecule has 1 aromatic carbocycles. The average molecular weight is 265 g/mol. The Labute approximate surface area is 112 Å². The van der Waals surface area contributed by atoms with Crippen LogP contribution < -0.4 is 16.4 Å². The van der Waals surface area contributed by atoms with Gasteiger partial charge in [-0.3, -0.25) is 4.79 Å². The molecule has 0 heterocycles. The topological polar surface area (TPSA) is 104 Å². The Hall–Kier alpha value is -2.08. The molecule has 0 aliphatic rings. The molecule has 19 heavy (non-hydrogen) atoms. The zero-order chi connectivity index (χ0) is 14.3. The summed E-state index contributed by atoms with van der Waals surface area (Å²) in [4.78, 5) is 22.3. The molecule has 0 aliphatic carbocycles. The molecule has 0 saturated heterocycles. The molecule has 0 fully saturated rings. The first kappa shape index (κ1) is 15.0. The van der Waals surface area contributed by atoms with Gasteiger partial charge in [0.15, 0.2) is 0 Å². The summed E-state index contributed by atoms with van der Waals surface area (Å²) in [6.07, 6.45) is 0.0702. The molecule has 0 spiro atoms. The van der Waals surface area contributed by atoms with E-state index < -0.39 is 12.1 Å². The van der Waals surface area contributed by atoms with Crippen molar-refractivity contribution in [1.29, 1.82) is 0 Å². The first-order valence-electron chi connectivity index (χ1n) is 6.11. The van der Waals surface area contributed by atoms with E-state index in [9.17, 15) is 14.7 Å². The smallest absolute Gasteiger partial charge is 0.312 e. The van der Waals surface area contributed by atoms with Crippen molar-refractivity contribution in [3.05, 3.63) is 35.4 Å². The van der Waals surface area contributed by atoms with E-state index in [0.29, 0.717) is 18.5 Å². The molecule has 0 bridgehead atoms. The summed E-state index contributed by atoms with van der Waals surface area (Å²) < 4.78 is 0. The fourth-order valence-electron chi connectivity index (χ4n) is 1.42. The maximum absolute atomic E-state index is 11.7. The van der Waals surface area contributed by atoms with E-state index in [1.165, 1.54) is 0 Å². The molecule has 1 atom stereocenters. The van der Waals surface area contributed by atoms with Crippen LogP contribution in [0.5, 0.6) is 0 Å². The van der Waals surface area contributed by atoms with E-state index >= 15 is 0 Å². The van der Waals surface area contributed by atoms with Crippen molar-refractivity contribution in [1.82, 2.24) is 10.6 Å². The molecule has 104 valence electrons. The van der Waals surface area contributed by atoms with Crippen molar-refractivity contribution < 1.29 is 14.7 Å². The molecular weight excluding hydrogens is 246 g/mol. The number of hydrogen-bond donors (Lipinski definition) is 4. The lowest BCUT2D eigenvalue weighted by atomic mass is 10.1. The lowest BCUT2D eigenvalue weighted by Gasteiger charge is -2.10. The van der Waals surface area contributed by atoms with Crippen molar-refractivity contribution in [3.8, 4) is 0 Å². The molecule has 6 nitrogen and oxygen atoms in total. The Balaban J connectivity index is 2.50. The second kappa shape index (κ2) is 7.38. The molecule has 1 aromatic rings. The zero-order valence-corrected chi connectivity index (χ0v) is 10.8. The average Bonchev–Trinajstić information content (AvgIpc) is 2.42. The zero-order valence-electron chi connectivity index (χ0n) is 10.8. The Morgan fingerprint density at radius 3 is 2.42 bits per heavy atom. The van der Waals surface area contributed by atoms with Crippen molar-refractivity contribution in [3.63, 3.8) is 0 Å². The fraction of sp³-hybridized carbons (Fsp3) is 0.385. The Bertz CT molecular complexity index is 431. The first-order chi connectivity index (χ1) is 9.02. The third-order valence-corrected chi connectivity index (χ3v) is 2.65. The summed E-state index contributed by atoms with van der Waals surface area (Å²) in [6, 6.07) is 6.20. The third-order valence-electron chi connectivity index (χ3n) is 2.65. The normalized spacial score (nSPS) is 11.7. The van der Waals surface area contributed by atoms with Crippen molar-refractivity contribution in [2.45, 2.75) is 26.0 Å². The van der Waals surface area contributed by atoms with Gasteiger partial charge in [0.25, 0.3) is 5.91 Å².